The number of carboxylic acids is 2. The van der Waals surface area contributed by atoms with Gasteiger partial charge in [-0.2, -0.15) is 0 Å². The first-order chi connectivity index (χ1) is 16.9. The summed E-state index contributed by atoms with van der Waals surface area (Å²) in [6, 6.07) is 13.5. The van der Waals surface area contributed by atoms with Gasteiger partial charge in [0.2, 0.25) is 5.79 Å². The quantitative estimate of drug-likeness (QED) is 0.210. The predicted molar refractivity (Wildman–Crippen MR) is 125 cm³/mol. The minimum absolute atomic E-state index is 0.232. The highest BCUT2D eigenvalue weighted by Crippen LogP contribution is 2.25. The summed E-state index contributed by atoms with van der Waals surface area (Å²) >= 11 is 6.09. The molecule has 192 valence electrons. The lowest BCUT2D eigenvalue weighted by Crippen LogP contribution is -2.64. The van der Waals surface area contributed by atoms with E-state index in [9.17, 15) is 25.2 Å². The molecule has 1 aromatic heterocycles. The topological polar surface area (TPSA) is 212 Å². The molecule has 4 unspecified atom stereocenters. The molecule has 0 saturated carbocycles. The van der Waals surface area contributed by atoms with Crippen LogP contribution in [0.25, 0.3) is 22.3 Å². The number of aliphatic carboxylic acids is 2. The summed E-state index contributed by atoms with van der Waals surface area (Å²) in [6.45, 7) is -0.853. The minimum atomic E-state index is -2.24. The molecule has 1 fully saturated rings. The molecule has 1 aliphatic rings. The molecular formula is C22H22ClN3O10. The minimum Gasteiger partial charge on any atom is -0.473 e. The number of benzene rings is 2. The Labute approximate surface area is 207 Å². The van der Waals surface area contributed by atoms with Crippen molar-refractivity contribution in [2.45, 2.75) is 24.1 Å². The number of aliphatic hydroxyl groups is 4. The summed E-state index contributed by atoms with van der Waals surface area (Å²) < 4.78 is 6.27. The van der Waals surface area contributed by atoms with Crippen LogP contribution in [0.5, 0.6) is 0 Å². The molecule has 1 aliphatic heterocycles. The van der Waals surface area contributed by atoms with E-state index in [1.54, 1.807) is 48.5 Å². The third kappa shape index (κ3) is 5.79. The number of carboxylic acid groups (broad SMARTS) is 2. The van der Waals surface area contributed by atoms with Gasteiger partial charge in [-0.1, -0.05) is 35.9 Å². The zero-order chi connectivity index (χ0) is 26.6. The molecule has 0 bridgehead atoms. The molecule has 3 aromatic rings. The van der Waals surface area contributed by atoms with Crippen molar-refractivity contribution in [3.05, 3.63) is 63.9 Å². The van der Waals surface area contributed by atoms with Crippen LogP contribution in [0.1, 0.15) is 0 Å². The summed E-state index contributed by atoms with van der Waals surface area (Å²) in [5, 5.41) is 55.8. The maximum Gasteiger partial charge on any atom is 0.414 e. The summed E-state index contributed by atoms with van der Waals surface area (Å²) in [4.78, 5) is 35.9. The number of rotatable bonds is 4. The summed E-state index contributed by atoms with van der Waals surface area (Å²) in [5.41, 5.74) is 3.32. The monoisotopic (exact) mass is 523 g/mol. The lowest BCUT2D eigenvalue weighted by molar-refractivity contribution is -0.314. The van der Waals surface area contributed by atoms with Crippen LogP contribution in [0.3, 0.4) is 0 Å². The van der Waals surface area contributed by atoms with E-state index in [1.165, 1.54) is 0 Å². The van der Waals surface area contributed by atoms with Crippen molar-refractivity contribution in [2.24, 2.45) is 0 Å². The van der Waals surface area contributed by atoms with Crippen LogP contribution in [0.15, 0.2) is 53.3 Å². The number of para-hydroxylation sites is 1. The molecule has 14 heteroatoms. The number of hydrogen-bond donors (Lipinski definition) is 7. The Kier molecular flexibility index (Phi) is 8.24. The predicted octanol–water partition coefficient (Wildman–Crippen LogP) is -0.782. The molecule has 36 heavy (non-hydrogen) atoms. The van der Waals surface area contributed by atoms with Gasteiger partial charge in [0.05, 0.1) is 24.1 Å². The molecule has 7 N–H and O–H groups in total. The molecular weight excluding hydrogens is 502 g/mol. The third-order valence-electron chi connectivity index (χ3n) is 5.22. The summed E-state index contributed by atoms with van der Waals surface area (Å²) in [5.74, 6) is -5.66. The highest BCUT2D eigenvalue weighted by atomic mass is 35.5. The zero-order valence-corrected chi connectivity index (χ0v) is 19.1. The van der Waals surface area contributed by atoms with Gasteiger partial charge in [0.1, 0.15) is 18.3 Å². The van der Waals surface area contributed by atoms with Gasteiger partial charge < -0.3 is 40.8 Å². The van der Waals surface area contributed by atoms with Crippen LogP contribution in [-0.2, 0) is 14.3 Å². The largest absolute Gasteiger partial charge is 0.473 e. The molecule has 0 aliphatic carbocycles. The van der Waals surface area contributed by atoms with Gasteiger partial charge in [-0.15, -0.1) is 0 Å². The van der Waals surface area contributed by atoms with Crippen molar-refractivity contribution in [3.8, 4) is 11.4 Å². The maximum atomic E-state index is 13.1. The second-order valence-corrected chi connectivity index (χ2v) is 8.14. The Balaban J connectivity index is 0.000000538. The van der Waals surface area contributed by atoms with Crippen molar-refractivity contribution >= 4 is 34.4 Å². The lowest BCUT2D eigenvalue weighted by Gasteiger charge is -2.41. The molecule has 0 spiro atoms. The van der Waals surface area contributed by atoms with E-state index in [1.807, 2.05) is 0 Å². The van der Waals surface area contributed by atoms with E-state index in [2.05, 4.69) is 10.4 Å². The highest BCUT2D eigenvalue weighted by Gasteiger charge is 2.48. The van der Waals surface area contributed by atoms with Gasteiger partial charge in [-0.05, 0) is 24.3 Å². The normalized spacial score (nSPS) is 23.4. The van der Waals surface area contributed by atoms with Gasteiger partial charge in [-0.25, -0.2) is 19.2 Å². The highest BCUT2D eigenvalue weighted by molar-refractivity contribution is 6.30. The van der Waals surface area contributed by atoms with Crippen LogP contribution in [0.4, 0.5) is 0 Å². The average molecular weight is 524 g/mol. The van der Waals surface area contributed by atoms with Crippen LogP contribution < -0.4 is 11.0 Å². The SMILES string of the molecule is O=C(O)C(=O)O.O=c1c2ccccc2nc(-c2cccc(Cl)c2)n1NCC1(O)OCC(O)C(O)C1O. The van der Waals surface area contributed by atoms with Crippen LogP contribution in [0.2, 0.25) is 5.02 Å². The van der Waals surface area contributed by atoms with E-state index in [4.69, 9.17) is 36.1 Å². The number of nitrogens with zero attached hydrogens (tertiary/aromatic N) is 2. The first-order valence-corrected chi connectivity index (χ1v) is 10.7. The summed E-state index contributed by atoms with van der Waals surface area (Å²) in [6.07, 6.45) is -4.75. The number of halogens is 1. The van der Waals surface area contributed by atoms with Gasteiger partial charge in [-0.3, -0.25) is 4.79 Å². The molecule has 0 radical (unpaired) electrons. The Morgan fingerprint density at radius 1 is 1.11 bits per heavy atom. The molecule has 13 nitrogen and oxygen atoms in total. The number of aliphatic hydroxyl groups excluding tert-OH is 3. The zero-order valence-electron chi connectivity index (χ0n) is 18.4. The molecule has 0 amide bonds. The second-order valence-electron chi connectivity index (χ2n) is 7.71. The van der Waals surface area contributed by atoms with Crippen molar-refractivity contribution in [3.63, 3.8) is 0 Å². The standard InChI is InChI=1S/C20H20ClN3O6.C2H2O4/c21-12-5-3-4-11(8-12)18-23-14-7-2-1-6-13(14)19(28)24(18)22-10-20(29)17(27)16(26)15(25)9-30-20;3-1(4)2(5)6/h1-8,15-17,22,25-27,29H,9-10H2;(H,3,4)(H,5,6). The van der Waals surface area contributed by atoms with E-state index in [-0.39, 0.29) is 12.4 Å². The molecule has 1 saturated heterocycles. The Hall–Kier alpha value is -3.59. The number of nitrogens with one attached hydrogen (secondary N) is 1. The lowest BCUT2D eigenvalue weighted by atomic mass is 9.97. The number of aromatic nitrogens is 2. The summed E-state index contributed by atoms with van der Waals surface area (Å²) in [7, 11) is 0. The number of ether oxygens (including phenoxy) is 1. The molecule has 2 aromatic carbocycles. The van der Waals surface area contributed by atoms with E-state index >= 15 is 0 Å². The van der Waals surface area contributed by atoms with Crippen molar-refractivity contribution in [2.75, 3.05) is 18.6 Å². The fraction of sp³-hybridized carbons (Fsp3) is 0.273. The number of hydrogen-bond acceptors (Lipinski definition) is 10. The van der Waals surface area contributed by atoms with Crippen LogP contribution >= 0.6 is 11.6 Å². The second kappa shape index (κ2) is 11.0. The number of carbonyl (C=O) groups is 2. The van der Waals surface area contributed by atoms with Crippen molar-refractivity contribution in [1.82, 2.24) is 9.66 Å². The van der Waals surface area contributed by atoms with Gasteiger partial charge >= 0.3 is 11.9 Å². The van der Waals surface area contributed by atoms with Gasteiger partial charge in [0, 0.05) is 10.6 Å². The van der Waals surface area contributed by atoms with E-state index in [0.717, 1.165) is 4.68 Å². The van der Waals surface area contributed by atoms with Gasteiger partial charge in [0.25, 0.3) is 5.56 Å². The van der Waals surface area contributed by atoms with Crippen LogP contribution in [0, 0.1) is 0 Å². The number of fused-ring (bicyclic) bond motifs is 1. The smallest absolute Gasteiger partial charge is 0.414 e. The Bertz CT molecular complexity index is 1320. The van der Waals surface area contributed by atoms with E-state index < -0.39 is 48.1 Å². The maximum absolute atomic E-state index is 13.1. The Morgan fingerprint density at radius 3 is 2.42 bits per heavy atom. The van der Waals surface area contributed by atoms with E-state index in [0.29, 0.717) is 21.5 Å². The fourth-order valence-corrected chi connectivity index (χ4v) is 3.53. The average Bonchev–Trinajstić information content (AvgIpc) is 2.85. The molecule has 4 rings (SSSR count). The van der Waals surface area contributed by atoms with Crippen molar-refractivity contribution in [1.29, 1.82) is 0 Å². The molecule has 2 heterocycles. The van der Waals surface area contributed by atoms with Crippen molar-refractivity contribution < 1.29 is 45.0 Å². The Morgan fingerprint density at radius 2 is 1.78 bits per heavy atom. The van der Waals surface area contributed by atoms with Gasteiger partial charge in [0.15, 0.2) is 5.82 Å². The first kappa shape index (κ1) is 27.0. The van der Waals surface area contributed by atoms with Crippen LogP contribution in [-0.4, -0.2) is 89.5 Å². The fourth-order valence-electron chi connectivity index (χ4n) is 3.34. The molecule has 4 atom stereocenters. The third-order valence-corrected chi connectivity index (χ3v) is 5.45. The first-order valence-electron chi connectivity index (χ1n) is 10.3.